The Morgan fingerprint density at radius 1 is 0.938 bits per heavy atom. The second kappa shape index (κ2) is 12.1. The molecule has 4 nitrogen and oxygen atoms in total. The van der Waals surface area contributed by atoms with E-state index < -0.39 is 0 Å². The average Bonchev–Trinajstić information content (AvgIpc) is 2.72. The summed E-state index contributed by atoms with van der Waals surface area (Å²) in [5.41, 5.74) is 2.56. The second-order valence-corrected chi connectivity index (χ2v) is 8.73. The Balaban J connectivity index is 1.85. The molecule has 0 N–H and O–H groups in total. The Bertz CT molecular complexity index is 929. The van der Waals surface area contributed by atoms with E-state index in [0.717, 1.165) is 16.9 Å². The number of benzene rings is 2. The molecule has 1 atom stereocenters. The normalized spacial score (nSPS) is 12.8. The fraction of sp³-hybridized carbons (Fsp3) is 0.321. The lowest BCUT2D eigenvalue weighted by molar-refractivity contribution is -0.130. The molecule has 0 spiro atoms. The van der Waals surface area contributed by atoms with Crippen LogP contribution in [0.25, 0.3) is 12.2 Å². The molecule has 0 aromatic heterocycles. The molecule has 170 valence electrons. The number of hydrogen-bond donors (Lipinski definition) is 0. The number of ether oxygens (including phenoxy) is 3. The van der Waals surface area contributed by atoms with Crippen LogP contribution in [0.3, 0.4) is 0 Å². The summed E-state index contributed by atoms with van der Waals surface area (Å²) in [4.78, 5) is 12.2. The number of hydrogen-bond acceptors (Lipinski definition) is 4. The van der Waals surface area contributed by atoms with Crippen molar-refractivity contribution in [3.8, 4) is 11.5 Å². The smallest absolute Gasteiger partial charge is 0.338 e. The highest BCUT2D eigenvalue weighted by atomic mass is 16.7. The number of allylic oxidation sites excluding steroid dienone is 2. The topological polar surface area (TPSA) is 44.8 Å². The Morgan fingerprint density at radius 3 is 1.91 bits per heavy atom. The average molecular weight is 435 g/mol. The standard InChI is InChI=1S/C28H34O4/c1-7-30-22(3)31-25-16-12-23(13-17-25)10-8-9-11-24-14-18-26(19-15-24)32-27(29)21(2)20-28(4,5)6/h8-19,22H,2,7,20H2,1,3-6H3. The van der Waals surface area contributed by atoms with Crippen LogP contribution in [0.1, 0.15) is 52.2 Å². The molecule has 0 amide bonds. The van der Waals surface area contributed by atoms with E-state index >= 15 is 0 Å². The first-order valence-corrected chi connectivity index (χ1v) is 10.9. The van der Waals surface area contributed by atoms with Crippen molar-refractivity contribution < 1.29 is 19.0 Å². The van der Waals surface area contributed by atoms with Gasteiger partial charge in [-0.15, -0.1) is 0 Å². The summed E-state index contributed by atoms with van der Waals surface area (Å²) in [5.74, 6) is 0.912. The summed E-state index contributed by atoms with van der Waals surface area (Å²) in [7, 11) is 0. The SMILES string of the molecule is C=C(CC(C)(C)C)C(=O)Oc1ccc(C=CC=Cc2ccc(OC(C)OCC)cc2)cc1. The maximum absolute atomic E-state index is 12.2. The van der Waals surface area contributed by atoms with Gasteiger partial charge in [-0.1, -0.05) is 75.9 Å². The van der Waals surface area contributed by atoms with E-state index in [9.17, 15) is 4.79 Å². The molecule has 0 radical (unpaired) electrons. The third kappa shape index (κ3) is 9.36. The summed E-state index contributed by atoms with van der Waals surface area (Å²) in [6.07, 6.45) is 8.28. The predicted molar refractivity (Wildman–Crippen MR) is 132 cm³/mol. The van der Waals surface area contributed by atoms with Crippen molar-refractivity contribution in [2.45, 2.75) is 47.3 Å². The molecular formula is C28H34O4. The highest BCUT2D eigenvalue weighted by Crippen LogP contribution is 2.24. The molecule has 32 heavy (non-hydrogen) atoms. The van der Waals surface area contributed by atoms with Crippen molar-refractivity contribution in [2.75, 3.05) is 6.61 Å². The number of carbonyl (C=O) groups excluding carboxylic acids is 1. The first-order chi connectivity index (χ1) is 15.2. The molecule has 2 aromatic rings. The van der Waals surface area contributed by atoms with Crippen LogP contribution in [0.2, 0.25) is 0 Å². The van der Waals surface area contributed by atoms with Crippen molar-refractivity contribution in [1.82, 2.24) is 0 Å². The Kier molecular flexibility index (Phi) is 9.48. The van der Waals surface area contributed by atoms with Crippen molar-refractivity contribution >= 4 is 18.1 Å². The van der Waals surface area contributed by atoms with Gasteiger partial charge in [-0.25, -0.2) is 4.79 Å². The van der Waals surface area contributed by atoms with E-state index in [0.29, 0.717) is 24.4 Å². The third-order valence-corrected chi connectivity index (χ3v) is 4.40. The first-order valence-electron chi connectivity index (χ1n) is 10.9. The van der Waals surface area contributed by atoms with Crippen LogP contribution in [0.4, 0.5) is 0 Å². The Hall–Kier alpha value is -3.11. The molecule has 0 aliphatic rings. The largest absolute Gasteiger partial charge is 0.465 e. The number of carbonyl (C=O) groups is 1. The highest BCUT2D eigenvalue weighted by Gasteiger charge is 2.18. The van der Waals surface area contributed by atoms with Crippen molar-refractivity contribution in [3.63, 3.8) is 0 Å². The summed E-state index contributed by atoms with van der Waals surface area (Å²) < 4.78 is 16.5. The van der Waals surface area contributed by atoms with E-state index in [2.05, 4.69) is 27.4 Å². The zero-order chi connectivity index (χ0) is 23.6. The van der Waals surface area contributed by atoms with Crippen LogP contribution in [-0.4, -0.2) is 18.9 Å². The van der Waals surface area contributed by atoms with Gasteiger partial charge in [-0.2, -0.15) is 0 Å². The third-order valence-electron chi connectivity index (χ3n) is 4.40. The molecular weight excluding hydrogens is 400 g/mol. The molecule has 0 saturated carbocycles. The fourth-order valence-electron chi connectivity index (χ4n) is 2.99. The minimum Gasteiger partial charge on any atom is -0.465 e. The predicted octanol–water partition coefficient (Wildman–Crippen LogP) is 7.07. The van der Waals surface area contributed by atoms with Crippen LogP contribution in [0.15, 0.2) is 72.8 Å². The van der Waals surface area contributed by atoms with Crippen molar-refractivity contribution in [2.24, 2.45) is 5.41 Å². The molecule has 2 rings (SSSR count). The molecule has 1 unspecified atom stereocenters. The van der Waals surface area contributed by atoms with Crippen LogP contribution >= 0.6 is 0 Å². The van der Waals surface area contributed by atoms with Gasteiger partial charge in [0.1, 0.15) is 11.5 Å². The van der Waals surface area contributed by atoms with E-state index in [1.165, 1.54) is 0 Å². The lowest BCUT2D eigenvalue weighted by atomic mass is 9.88. The molecule has 0 fully saturated rings. The zero-order valence-electron chi connectivity index (χ0n) is 19.8. The van der Waals surface area contributed by atoms with E-state index in [1.54, 1.807) is 12.1 Å². The van der Waals surface area contributed by atoms with Gasteiger partial charge in [-0.05, 0) is 61.1 Å². The van der Waals surface area contributed by atoms with Gasteiger partial charge in [0.2, 0.25) is 0 Å². The molecule has 0 saturated heterocycles. The molecule has 0 bridgehead atoms. The van der Waals surface area contributed by atoms with E-state index in [-0.39, 0.29) is 17.7 Å². The summed E-state index contributed by atoms with van der Waals surface area (Å²) in [6, 6.07) is 15.2. The van der Waals surface area contributed by atoms with Gasteiger partial charge in [0.05, 0.1) is 0 Å². The van der Waals surface area contributed by atoms with E-state index in [1.807, 2.05) is 74.5 Å². The van der Waals surface area contributed by atoms with Crippen LogP contribution in [0.5, 0.6) is 11.5 Å². The van der Waals surface area contributed by atoms with Gasteiger partial charge in [0, 0.05) is 12.2 Å². The van der Waals surface area contributed by atoms with Crippen LogP contribution in [-0.2, 0) is 9.53 Å². The quantitative estimate of drug-likeness (QED) is 0.132. The van der Waals surface area contributed by atoms with Gasteiger partial charge in [-0.3, -0.25) is 0 Å². The zero-order valence-corrected chi connectivity index (χ0v) is 19.8. The molecule has 0 aliphatic carbocycles. The summed E-state index contributed by atoms with van der Waals surface area (Å²) in [5, 5.41) is 0. The molecule has 4 heteroatoms. The number of esters is 1. The Morgan fingerprint density at radius 2 is 1.44 bits per heavy atom. The minimum atomic E-state index is -0.380. The summed E-state index contributed by atoms with van der Waals surface area (Å²) in [6.45, 7) is 14.5. The maximum Gasteiger partial charge on any atom is 0.338 e. The maximum atomic E-state index is 12.2. The minimum absolute atomic E-state index is 0.00371. The second-order valence-electron chi connectivity index (χ2n) is 8.73. The number of rotatable bonds is 10. The van der Waals surface area contributed by atoms with Gasteiger partial charge < -0.3 is 14.2 Å². The summed E-state index contributed by atoms with van der Waals surface area (Å²) >= 11 is 0. The van der Waals surface area contributed by atoms with E-state index in [4.69, 9.17) is 14.2 Å². The monoisotopic (exact) mass is 434 g/mol. The lowest BCUT2D eigenvalue weighted by Gasteiger charge is -2.18. The van der Waals surface area contributed by atoms with Crippen molar-refractivity contribution in [1.29, 1.82) is 0 Å². The van der Waals surface area contributed by atoms with Gasteiger partial charge in [0.15, 0.2) is 6.29 Å². The van der Waals surface area contributed by atoms with Crippen molar-refractivity contribution in [3.05, 3.63) is 84.0 Å². The highest BCUT2D eigenvalue weighted by molar-refractivity contribution is 5.89. The lowest BCUT2D eigenvalue weighted by Crippen LogP contribution is -2.16. The first kappa shape index (κ1) is 25.2. The molecule has 2 aromatic carbocycles. The Labute approximate surface area is 192 Å². The van der Waals surface area contributed by atoms with Gasteiger partial charge >= 0.3 is 5.97 Å². The van der Waals surface area contributed by atoms with Crippen LogP contribution < -0.4 is 9.47 Å². The molecule has 0 aliphatic heterocycles. The van der Waals surface area contributed by atoms with Gasteiger partial charge in [0.25, 0.3) is 0 Å². The fourth-order valence-corrected chi connectivity index (χ4v) is 2.99. The molecule has 0 heterocycles. The van der Waals surface area contributed by atoms with Crippen LogP contribution in [0, 0.1) is 5.41 Å².